The van der Waals surface area contributed by atoms with Gasteiger partial charge < -0.3 is 15.0 Å². The normalized spacial score (nSPS) is 18.2. The van der Waals surface area contributed by atoms with Crippen molar-refractivity contribution in [2.45, 2.75) is 38.7 Å². The molecule has 2 heterocycles. The van der Waals surface area contributed by atoms with Crippen LogP contribution in [0.3, 0.4) is 0 Å². The highest BCUT2D eigenvalue weighted by molar-refractivity contribution is 5.96. The van der Waals surface area contributed by atoms with Gasteiger partial charge in [0, 0.05) is 37.4 Å². The molecule has 0 aromatic heterocycles. The number of fused-ring (bicyclic) bond motifs is 1. The fourth-order valence-electron chi connectivity index (χ4n) is 3.96. The highest BCUT2D eigenvalue weighted by Gasteiger charge is 2.23. The minimum Gasteiger partial charge on any atom is -0.376 e. The summed E-state index contributed by atoms with van der Waals surface area (Å²) in [4.78, 5) is 26.3. The van der Waals surface area contributed by atoms with E-state index in [-0.39, 0.29) is 17.9 Å². The van der Waals surface area contributed by atoms with Crippen molar-refractivity contribution in [3.05, 3.63) is 53.6 Å². The molecule has 1 atom stereocenters. The number of hydrogen-bond donors (Lipinski definition) is 1. The fraction of sp³-hybridized carbons (Fsp3) is 0.391. The van der Waals surface area contributed by atoms with Crippen molar-refractivity contribution in [1.29, 1.82) is 0 Å². The van der Waals surface area contributed by atoms with Crippen molar-refractivity contribution in [1.82, 2.24) is 5.32 Å². The van der Waals surface area contributed by atoms with E-state index in [0.717, 1.165) is 49.2 Å². The minimum atomic E-state index is -0.0651. The first kappa shape index (κ1) is 18.7. The predicted molar refractivity (Wildman–Crippen MR) is 110 cm³/mol. The molecule has 0 spiro atoms. The number of rotatable bonds is 5. The molecule has 2 aromatic carbocycles. The third-order valence-electron chi connectivity index (χ3n) is 5.57. The summed E-state index contributed by atoms with van der Waals surface area (Å²) in [6, 6.07) is 13.9. The lowest BCUT2D eigenvalue weighted by Gasteiger charge is -2.16. The summed E-state index contributed by atoms with van der Waals surface area (Å²) < 4.78 is 5.54. The van der Waals surface area contributed by atoms with E-state index in [9.17, 15) is 9.59 Å². The molecule has 2 aliphatic heterocycles. The number of anilines is 1. The zero-order chi connectivity index (χ0) is 19.5. The zero-order valence-electron chi connectivity index (χ0n) is 16.2. The maximum atomic E-state index is 12.3. The predicted octanol–water partition coefficient (Wildman–Crippen LogP) is 3.56. The lowest BCUT2D eigenvalue weighted by atomic mass is 10.0. The summed E-state index contributed by atoms with van der Waals surface area (Å²) in [5, 5.41) is 2.95. The van der Waals surface area contributed by atoms with Crippen LogP contribution in [0, 0.1) is 0 Å². The van der Waals surface area contributed by atoms with Crippen LogP contribution in [0.15, 0.2) is 42.5 Å². The van der Waals surface area contributed by atoms with E-state index >= 15 is 0 Å². The SMILES string of the molecule is CCC(=O)N1CCc2cc(-c3ccc(C(=O)NC[C@H]4CCCO4)cc3)ccc21. The monoisotopic (exact) mass is 378 g/mol. The Balaban J connectivity index is 1.44. The second-order valence-electron chi connectivity index (χ2n) is 7.41. The second kappa shape index (κ2) is 8.15. The van der Waals surface area contributed by atoms with Gasteiger partial charge in [-0.25, -0.2) is 0 Å². The van der Waals surface area contributed by atoms with E-state index in [0.29, 0.717) is 18.5 Å². The Hall–Kier alpha value is -2.66. The van der Waals surface area contributed by atoms with Gasteiger partial charge in [-0.05, 0) is 60.2 Å². The molecule has 1 saturated heterocycles. The van der Waals surface area contributed by atoms with Crippen LogP contribution in [-0.4, -0.2) is 37.6 Å². The molecule has 28 heavy (non-hydrogen) atoms. The summed E-state index contributed by atoms with van der Waals surface area (Å²) in [5.74, 6) is 0.106. The maximum Gasteiger partial charge on any atom is 0.251 e. The Labute approximate surface area is 165 Å². The summed E-state index contributed by atoms with van der Waals surface area (Å²) in [6.07, 6.45) is 3.64. The number of carbonyl (C=O) groups excluding carboxylic acids is 2. The molecule has 4 rings (SSSR count). The van der Waals surface area contributed by atoms with Gasteiger partial charge in [0.2, 0.25) is 5.91 Å². The number of ether oxygens (including phenoxy) is 1. The lowest BCUT2D eigenvalue weighted by Crippen LogP contribution is -2.31. The number of hydrogen-bond acceptors (Lipinski definition) is 3. The average molecular weight is 378 g/mol. The third-order valence-corrected chi connectivity index (χ3v) is 5.57. The van der Waals surface area contributed by atoms with Gasteiger partial charge in [-0.1, -0.05) is 25.1 Å². The second-order valence-corrected chi connectivity index (χ2v) is 7.41. The number of nitrogens with zero attached hydrogens (tertiary/aromatic N) is 1. The quantitative estimate of drug-likeness (QED) is 0.865. The lowest BCUT2D eigenvalue weighted by molar-refractivity contribution is -0.118. The highest BCUT2D eigenvalue weighted by Crippen LogP contribution is 2.32. The van der Waals surface area contributed by atoms with E-state index in [4.69, 9.17) is 4.74 Å². The molecule has 146 valence electrons. The van der Waals surface area contributed by atoms with Gasteiger partial charge in [0.05, 0.1) is 6.10 Å². The largest absolute Gasteiger partial charge is 0.376 e. The Kier molecular flexibility index (Phi) is 5.44. The standard InChI is InChI=1S/C23H26N2O3/c1-2-22(26)25-12-11-19-14-18(9-10-21(19)25)16-5-7-17(8-6-16)23(27)24-15-20-4-3-13-28-20/h5-10,14,20H,2-4,11-13,15H2,1H3,(H,24,27)/t20-/m1/s1. The molecule has 0 radical (unpaired) electrons. The molecule has 5 heteroatoms. The first-order valence-electron chi connectivity index (χ1n) is 10.1. The van der Waals surface area contributed by atoms with Gasteiger partial charge in [-0.15, -0.1) is 0 Å². The van der Waals surface area contributed by atoms with Crippen LogP contribution in [0.5, 0.6) is 0 Å². The Morgan fingerprint density at radius 3 is 2.64 bits per heavy atom. The molecule has 1 fully saturated rings. The van der Waals surface area contributed by atoms with Crippen molar-refractivity contribution in [3.63, 3.8) is 0 Å². The van der Waals surface area contributed by atoms with Crippen LogP contribution in [0.1, 0.15) is 42.1 Å². The van der Waals surface area contributed by atoms with Crippen LogP contribution in [0.2, 0.25) is 0 Å². The number of nitrogens with one attached hydrogen (secondary N) is 1. The van der Waals surface area contributed by atoms with Crippen LogP contribution in [0.25, 0.3) is 11.1 Å². The van der Waals surface area contributed by atoms with E-state index in [1.165, 1.54) is 5.56 Å². The van der Waals surface area contributed by atoms with Crippen molar-refractivity contribution in [2.24, 2.45) is 0 Å². The van der Waals surface area contributed by atoms with Crippen LogP contribution in [-0.2, 0) is 16.0 Å². The molecule has 5 nitrogen and oxygen atoms in total. The molecule has 0 aliphatic carbocycles. The summed E-state index contributed by atoms with van der Waals surface area (Å²) >= 11 is 0. The van der Waals surface area contributed by atoms with E-state index in [1.807, 2.05) is 48.2 Å². The van der Waals surface area contributed by atoms with Gasteiger partial charge in [0.1, 0.15) is 0 Å². The Morgan fingerprint density at radius 1 is 1.14 bits per heavy atom. The van der Waals surface area contributed by atoms with Gasteiger partial charge >= 0.3 is 0 Å². The molecular weight excluding hydrogens is 352 g/mol. The third kappa shape index (κ3) is 3.80. The molecule has 2 amide bonds. The minimum absolute atomic E-state index is 0.0651. The topological polar surface area (TPSA) is 58.6 Å². The van der Waals surface area contributed by atoms with Gasteiger partial charge in [0.15, 0.2) is 0 Å². The van der Waals surface area contributed by atoms with Gasteiger partial charge in [0.25, 0.3) is 5.91 Å². The van der Waals surface area contributed by atoms with Crippen molar-refractivity contribution >= 4 is 17.5 Å². The first-order valence-corrected chi connectivity index (χ1v) is 10.1. The van der Waals surface area contributed by atoms with E-state index in [2.05, 4.69) is 11.4 Å². The maximum absolute atomic E-state index is 12.3. The van der Waals surface area contributed by atoms with Gasteiger partial charge in [-0.2, -0.15) is 0 Å². The molecule has 1 N–H and O–H groups in total. The van der Waals surface area contributed by atoms with Crippen molar-refractivity contribution < 1.29 is 14.3 Å². The molecular formula is C23H26N2O3. The molecule has 0 unspecified atom stereocenters. The van der Waals surface area contributed by atoms with E-state index in [1.54, 1.807) is 0 Å². The summed E-state index contributed by atoms with van der Waals surface area (Å²) in [6.45, 7) is 4.02. The molecule has 0 bridgehead atoms. The fourth-order valence-corrected chi connectivity index (χ4v) is 3.96. The average Bonchev–Trinajstić information content (AvgIpc) is 3.41. The summed E-state index contributed by atoms with van der Waals surface area (Å²) in [7, 11) is 0. The van der Waals surface area contributed by atoms with Crippen LogP contribution < -0.4 is 10.2 Å². The zero-order valence-corrected chi connectivity index (χ0v) is 16.2. The molecule has 2 aromatic rings. The molecule has 0 saturated carbocycles. The summed E-state index contributed by atoms with van der Waals surface area (Å²) in [5.41, 5.74) is 5.07. The number of carbonyl (C=O) groups is 2. The van der Waals surface area contributed by atoms with Crippen molar-refractivity contribution in [3.8, 4) is 11.1 Å². The smallest absolute Gasteiger partial charge is 0.251 e. The first-order chi connectivity index (χ1) is 13.7. The van der Waals surface area contributed by atoms with E-state index < -0.39 is 0 Å². The van der Waals surface area contributed by atoms with Crippen molar-refractivity contribution in [2.75, 3.05) is 24.6 Å². The number of amides is 2. The van der Waals surface area contributed by atoms with Crippen LogP contribution >= 0.6 is 0 Å². The number of benzene rings is 2. The van der Waals surface area contributed by atoms with Crippen LogP contribution in [0.4, 0.5) is 5.69 Å². The highest BCUT2D eigenvalue weighted by atomic mass is 16.5. The Morgan fingerprint density at radius 2 is 1.93 bits per heavy atom. The Bertz CT molecular complexity index is 870. The van der Waals surface area contributed by atoms with Gasteiger partial charge in [-0.3, -0.25) is 9.59 Å². The molecule has 2 aliphatic rings.